The van der Waals surface area contributed by atoms with Crippen LogP contribution in [0.1, 0.15) is 43.5 Å². The van der Waals surface area contributed by atoms with Crippen molar-refractivity contribution in [3.63, 3.8) is 0 Å². The summed E-state index contributed by atoms with van der Waals surface area (Å²) in [6, 6.07) is 4.60. The molecule has 3 heterocycles. The molecule has 0 radical (unpaired) electrons. The molecular formula is C21H30N4O2. The van der Waals surface area contributed by atoms with E-state index < -0.39 is 0 Å². The van der Waals surface area contributed by atoms with E-state index >= 15 is 0 Å². The normalized spacial score (nSPS) is 24.1. The second kappa shape index (κ2) is 7.49. The monoisotopic (exact) mass is 370 g/mol. The van der Waals surface area contributed by atoms with Crippen molar-refractivity contribution in [3.05, 3.63) is 23.5 Å². The summed E-state index contributed by atoms with van der Waals surface area (Å²) in [5.74, 6) is 0.210. The number of aryl methyl sites for hydroxylation is 2. The highest BCUT2D eigenvalue weighted by Gasteiger charge is 2.40. The van der Waals surface area contributed by atoms with Gasteiger partial charge in [0.05, 0.1) is 5.92 Å². The second-order valence-corrected chi connectivity index (χ2v) is 8.31. The number of anilines is 1. The Bertz CT molecular complexity index is 701. The summed E-state index contributed by atoms with van der Waals surface area (Å²) >= 11 is 0. The Balaban J connectivity index is 1.34. The van der Waals surface area contributed by atoms with Crippen molar-refractivity contribution in [1.29, 1.82) is 0 Å². The summed E-state index contributed by atoms with van der Waals surface area (Å²) in [6.07, 6.45) is 5.04. The largest absolute Gasteiger partial charge is 0.368 e. The van der Waals surface area contributed by atoms with Gasteiger partial charge in [-0.25, -0.2) is 0 Å². The van der Waals surface area contributed by atoms with Crippen molar-refractivity contribution < 1.29 is 9.59 Å². The molecule has 1 aromatic rings. The maximum absolute atomic E-state index is 13.0. The van der Waals surface area contributed by atoms with Crippen molar-refractivity contribution in [2.24, 2.45) is 5.92 Å². The molecule has 2 saturated heterocycles. The Morgan fingerprint density at radius 3 is 2.30 bits per heavy atom. The number of hydrogen-bond donors (Lipinski definition) is 0. The SMILES string of the molecule is Cc1cc(N2CCN(C(=O)[C@@H]3CC(=O)N(C4CCCC4)C3)CC2)cc(C)n1. The van der Waals surface area contributed by atoms with Crippen LogP contribution in [0.25, 0.3) is 0 Å². The fourth-order valence-electron chi connectivity index (χ4n) is 4.90. The minimum atomic E-state index is -0.143. The zero-order chi connectivity index (χ0) is 19.0. The van der Waals surface area contributed by atoms with E-state index in [9.17, 15) is 9.59 Å². The molecule has 6 nitrogen and oxygen atoms in total. The van der Waals surface area contributed by atoms with E-state index in [1.807, 2.05) is 23.6 Å². The third-order valence-corrected chi connectivity index (χ3v) is 6.30. The van der Waals surface area contributed by atoms with Gasteiger partial charge in [-0.1, -0.05) is 12.8 Å². The molecule has 0 spiro atoms. The summed E-state index contributed by atoms with van der Waals surface area (Å²) < 4.78 is 0. The van der Waals surface area contributed by atoms with E-state index in [1.54, 1.807) is 0 Å². The van der Waals surface area contributed by atoms with Gasteiger partial charge >= 0.3 is 0 Å². The minimum Gasteiger partial charge on any atom is -0.368 e. The summed E-state index contributed by atoms with van der Waals surface area (Å²) in [4.78, 5) is 36.1. The van der Waals surface area contributed by atoms with Crippen LogP contribution < -0.4 is 4.90 Å². The maximum atomic E-state index is 13.0. The quantitative estimate of drug-likeness (QED) is 0.818. The molecule has 0 unspecified atom stereocenters. The summed E-state index contributed by atoms with van der Waals surface area (Å²) in [6.45, 7) is 7.79. The lowest BCUT2D eigenvalue weighted by molar-refractivity contribution is -0.136. The number of rotatable bonds is 3. The number of carbonyl (C=O) groups excluding carboxylic acids is 2. The minimum absolute atomic E-state index is 0.143. The smallest absolute Gasteiger partial charge is 0.228 e. The molecule has 1 saturated carbocycles. The van der Waals surface area contributed by atoms with Crippen LogP contribution in [0.3, 0.4) is 0 Å². The Morgan fingerprint density at radius 2 is 1.67 bits per heavy atom. The van der Waals surface area contributed by atoms with Crippen LogP contribution in [0.4, 0.5) is 5.69 Å². The molecule has 4 rings (SSSR count). The van der Waals surface area contributed by atoms with Crippen molar-refractivity contribution in [1.82, 2.24) is 14.8 Å². The van der Waals surface area contributed by atoms with E-state index in [1.165, 1.54) is 18.5 Å². The highest BCUT2D eigenvalue weighted by molar-refractivity contribution is 5.89. The number of amides is 2. The third kappa shape index (κ3) is 3.80. The standard InChI is InChI=1S/C21H30N4O2/c1-15-11-19(12-16(2)22-15)23-7-9-24(10-8-23)21(27)17-13-20(26)25(14-17)18-5-3-4-6-18/h11-12,17-18H,3-10,13-14H2,1-2H3/t17-/m1/s1. The number of carbonyl (C=O) groups is 2. The van der Waals surface area contributed by atoms with E-state index in [4.69, 9.17) is 0 Å². The van der Waals surface area contributed by atoms with Crippen LogP contribution in [0.5, 0.6) is 0 Å². The molecule has 27 heavy (non-hydrogen) atoms. The molecule has 146 valence electrons. The molecule has 0 N–H and O–H groups in total. The molecule has 3 fully saturated rings. The fraction of sp³-hybridized carbons (Fsp3) is 0.667. The lowest BCUT2D eigenvalue weighted by Crippen LogP contribution is -2.50. The number of nitrogens with zero attached hydrogens (tertiary/aromatic N) is 4. The average Bonchev–Trinajstić information content (AvgIpc) is 3.30. The summed E-state index contributed by atoms with van der Waals surface area (Å²) in [5, 5.41) is 0. The lowest BCUT2D eigenvalue weighted by Gasteiger charge is -2.37. The average molecular weight is 370 g/mol. The van der Waals surface area contributed by atoms with Crippen LogP contribution in [0.2, 0.25) is 0 Å². The molecule has 3 aliphatic rings. The van der Waals surface area contributed by atoms with E-state index in [-0.39, 0.29) is 17.7 Å². The molecule has 6 heteroatoms. The van der Waals surface area contributed by atoms with Crippen molar-refractivity contribution >= 4 is 17.5 Å². The predicted octanol–water partition coefficient (Wildman–Crippen LogP) is 2.14. The van der Waals surface area contributed by atoms with Gasteiger partial charge in [-0.15, -0.1) is 0 Å². The third-order valence-electron chi connectivity index (χ3n) is 6.30. The first kappa shape index (κ1) is 18.3. The van der Waals surface area contributed by atoms with Crippen LogP contribution in [0.15, 0.2) is 12.1 Å². The number of piperazine rings is 1. The highest BCUT2D eigenvalue weighted by Crippen LogP contribution is 2.30. The van der Waals surface area contributed by atoms with Gasteiger partial charge < -0.3 is 14.7 Å². The first-order chi connectivity index (χ1) is 13.0. The van der Waals surface area contributed by atoms with Gasteiger partial charge in [0.25, 0.3) is 0 Å². The van der Waals surface area contributed by atoms with Crippen molar-refractivity contribution in [2.45, 2.75) is 52.0 Å². The second-order valence-electron chi connectivity index (χ2n) is 8.31. The van der Waals surface area contributed by atoms with Crippen LogP contribution >= 0.6 is 0 Å². The van der Waals surface area contributed by atoms with Crippen LogP contribution in [-0.2, 0) is 9.59 Å². The van der Waals surface area contributed by atoms with Crippen LogP contribution in [0, 0.1) is 19.8 Å². The molecule has 0 aromatic carbocycles. The number of pyridine rings is 1. The van der Waals surface area contributed by atoms with Gasteiger partial charge in [-0.3, -0.25) is 14.6 Å². The van der Waals surface area contributed by atoms with Gasteiger partial charge in [0.1, 0.15) is 0 Å². The molecule has 1 aromatic heterocycles. The van der Waals surface area contributed by atoms with Gasteiger partial charge in [0.15, 0.2) is 0 Å². The molecule has 0 bridgehead atoms. The van der Waals surface area contributed by atoms with Crippen molar-refractivity contribution in [3.8, 4) is 0 Å². The fourth-order valence-corrected chi connectivity index (χ4v) is 4.90. The molecule has 2 aliphatic heterocycles. The Hall–Kier alpha value is -2.11. The van der Waals surface area contributed by atoms with E-state index in [2.05, 4.69) is 22.0 Å². The van der Waals surface area contributed by atoms with Gasteiger partial charge in [0.2, 0.25) is 11.8 Å². The Morgan fingerprint density at radius 1 is 1.04 bits per heavy atom. The Labute approximate surface area is 161 Å². The zero-order valence-corrected chi connectivity index (χ0v) is 16.5. The number of likely N-dealkylation sites (tertiary alicyclic amines) is 1. The van der Waals surface area contributed by atoms with Gasteiger partial charge in [-0.2, -0.15) is 0 Å². The Kier molecular flexibility index (Phi) is 5.06. The zero-order valence-electron chi connectivity index (χ0n) is 16.5. The molecular weight excluding hydrogens is 340 g/mol. The van der Waals surface area contributed by atoms with Gasteiger partial charge in [-0.05, 0) is 38.8 Å². The first-order valence-corrected chi connectivity index (χ1v) is 10.3. The number of aromatic nitrogens is 1. The summed E-state index contributed by atoms with van der Waals surface area (Å²) in [7, 11) is 0. The lowest BCUT2D eigenvalue weighted by atomic mass is 10.1. The van der Waals surface area contributed by atoms with E-state index in [0.29, 0.717) is 19.0 Å². The van der Waals surface area contributed by atoms with Gasteiger partial charge in [0, 0.05) is 62.3 Å². The maximum Gasteiger partial charge on any atom is 0.228 e. The van der Waals surface area contributed by atoms with E-state index in [0.717, 1.165) is 50.4 Å². The first-order valence-electron chi connectivity index (χ1n) is 10.3. The molecule has 1 atom stereocenters. The number of hydrogen-bond acceptors (Lipinski definition) is 4. The summed E-state index contributed by atoms with van der Waals surface area (Å²) in [5.41, 5.74) is 3.25. The predicted molar refractivity (Wildman–Crippen MR) is 105 cm³/mol. The molecule has 2 amide bonds. The topological polar surface area (TPSA) is 56.8 Å². The van der Waals surface area contributed by atoms with Crippen LogP contribution in [-0.4, -0.2) is 65.4 Å². The van der Waals surface area contributed by atoms with Crippen molar-refractivity contribution in [2.75, 3.05) is 37.6 Å². The molecule has 1 aliphatic carbocycles. The highest BCUT2D eigenvalue weighted by atomic mass is 16.2.